The van der Waals surface area contributed by atoms with Crippen LogP contribution in [0.3, 0.4) is 0 Å². The Hall–Kier alpha value is -14.0. The Balaban J connectivity index is 0.0000000873. The van der Waals surface area contributed by atoms with Crippen LogP contribution in [-0.4, -0.2) is 0 Å². The first kappa shape index (κ1) is 64.4. The summed E-state index contributed by atoms with van der Waals surface area (Å²) in [4.78, 5) is 0. The Morgan fingerprint density at radius 3 is 0.473 bits per heavy atom. The van der Waals surface area contributed by atoms with E-state index in [1.165, 1.54) is 216 Å². The van der Waals surface area contributed by atoms with E-state index in [1.807, 2.05) is 30.3 Å². The van der Waals surface area contributed by atoms with Gasteiger partial charge in [0.25, 0.3) is 0 Å². The second kappa shape index (κ2) is 25.6. The van der Waals surface area contributed by atoms with Crippen molar-refractivity contribution in [3.8, 4) is 0 Å². The van der Waals surface area contributed by atoms with Gasteiger partial charge in [-0.3, -0.25) is 0 Å². The average Bonchev–Trinajstić information content (AvgIpc) is 1.24. The van der Waals surface area contributed by atoms with E-state index in [4.69, 9.17) is 22.1 Å². The molecule has 5 aromatic heterocycles. The minimum atomic E-state index is 0.947. The molecule has 0 unspecified atom stereocenters. The zero-order valence-corrected chi connectivity index (χ0v) is 61.3. The fourth-order valence-electron chi connectivity index (χ4n) is 17.3. The smallest absolute Gasteiger partial charge is 0.134 e. The largest absolute Gasteiger partial charge is 0.464 e. The maximum absolute atomic E-state index is 5.52. The summed E-state index contributed by atoms with van der Waals surface area (Å²) in [5.74, 6) is 0. The van der Waals surface area contributed by atoms with E-state index in [9.17, 15) is 0 Å². The number of hydrogen-bond donors (Lipinski definition) is 0. The van der Waals surface area contributed by atoms with Gasteiger partial charge >= 0.3 is 0 Å². The van der Waals surface area contributed by atoms with Gasteiger partial charge in [-0.1, -0.05) is 210 Å². The highest BCUT2D eigenvalue weighted by molar-refractivity contribution is 6.24. The van der Waals surface area contributed by atoms with Gasteiger partial charge in [0.05, 0.1) is 31.3 Å². The Bertz CT molecular complexity index is 7000. The zero-order chi connectivity index (χ0) is 73.4. The topological polar surface area (TPSA) is 65.7 Å². The van der Waals surface area contributed by atoms with Gasteiger partial charge in [0.2, 0.25) is 0 Å². The Morgan fingerprint density at radius 1 is 0.118 bits per heavy atom. The lowest BCUT2D eigenvalue weighted by Gasteiger charge is -2.07. The van der Waals surface area contributed by atoms with Crippen molar-refractivity contribution in [1.82, 2.24) is 0 Å². The summed E-state index contributed by atoms with van der Waals surface area (Å²) in [7, 11) is 0. The minimum absolute atomic E-state index is 0.947. The highest BCUT2D eigenvalue weighted by Crippen LogP contribution is 2.41. The van der Waals surface area contributed by atoms with E-state index in [1.54, 1.807) is 31.3 Å². The van der Waals surface area contributed by atoms with Crippen molar-refractivity contribution in [3.05, 3.63) is 362 Å². The van der Waals surface area contributed by atoms with Gasteiger partial charge in [0, 0.05) is 26.9 Å². The van der Waals surface area contributed by atoms with Crippen molar-refractivity contribution in [3.63, 3.8) is 0 Å². The van der Waals surface area contributed by atoms with E-state index < -0.39 is 0 Å². The van der Waals surface area contributed by atoms with Gasteiger partial charge in [-0.2, -0.15) is 0 Å². The quantitative estimate of drug-likeness (QED) is 0.112. The van der Waals surface area contributed by atoms with Crippen LogP contribution in [0.1, 0.15) is 27.8 Å². The molecule has 0 aliphatic heterocycles. The molecule has 0 aliphatic rings. The highest BCUT2D eigenvalue weighted by atomic mass is 16.3. The van der Waals surface area contributed by atoms with E-state index in [0.717, 1.165) is 27.9 Å². The highest BCUT2D eigenvalue weighted by Gasteiger charge is 2.15. The van der Waals surface area contributed by atoms with Gasteiger partial charge in [0.15, 0.2) is 0 Å². The predicted octanol–water partition coefficient (Wildman–Crippen LogP) is 31.0. The molecular weight excluding hydrogens is 1340 g/mol. The minimum Gasteiger partial charge on any atom is -0.464 e. The van der Waals surface area contributed by atoms with Gasteiger partial charge in [0.1, 0.15) is 27.9 Å². The fourth-order valence-corrected chi connectivity index (χ4v) is 17.3. The van der Waals surface area contributed by atoms with Crippen LogP contribution in [0.2, 0.25) is 0 Å². The second-order valence-electron chi connectivity index (χ2n) is 29.9. The summed E-state index contributed by atoms with van der Waals surface area (Å²) in [6.45, 7) is 10.7. The molecule has 25 rings (SSSR count). The lowest BCUT2D eigenvalue weighted by Crippen LogP contribution is -1.81. The molecule has 20 aromatic carbocycles. The van der Waals surface area contributed by atoms with Crippen LogP contribution >= 0.6 is 0 Å². The molecule has 0 saturated heterocycles. The van der Waals surface area contributed by atoms with E-state index in [2.05, 4.69) is 308 Å². The monoisotopic (exact) mass is 1410 g/mol. The van der Waals surface area contributed by atoms with Crippen LogP contribution in [0, 0.1) is 34.6 Å². The first-order valence-electron chi connectivity index (χ1n) is 37.6. The van der Waals surface area contributed by atoms with Gasteiger partial charge < -0.3 is 22.1 Å². The van der Waals surface area contributed by atoms with Crippen LogP contribution in [0.25, 0.3) is 216 Å². The fraction of sp³-hybridized carbons (Fsp3) is 0.0476. The molecule has 5 heteroatoms. The van der Waals surface area contributed by atoms with Crippen LogP contribution in [0.15, 0.2) is 357 Å². The molecule has 0 aliphatic carbocycles. The molecule has 0 radical (unpaired) electrons. The van der Waals surface area contributed by atoms with Crippen LogP contribution in [0.4, 0.5) is 0 Å². The van der Waals surface area contributed by atoms with Crippen molar-refractivity contribution in [2.24, 2.45) is 0 Å². The Labute approximate surface area is 631 Å². The number of benzene rings is 20. The van der Waals surface area contributed by atoms with Crippen molar-refractivity contribution in [2.45, 2.75) is 34.6 Å². The lowest BCUT2D eigenvalue weighted by molar-refractivity contribution is 0.616. The van der Waals surface area contributed by atoms with Gasteiger partial charge in [-0.25, -0.2) is 0 Å². The molecule has 25 aromatic rings. The average molecular weight is 1410 g/mol. The summed E-state index contributed by atoms with van der Waals surface area (Å²) < 4.78 is 27.6. The summed E-state index contributed by atoms with van der Waals surface area (Å²) in [6, 6.07) is 110. The maximum Gasteiger partial charge on any atom is 0.134 e. The molecule has 0 saturated carbocycles. The molecule has 0 fully saturated rings. The Kier molecular flexibility index (Phi) is 15.0. The van der Waals surface area contributed by atoms with Crippen LogP contribution in [-0.2, 0) is 0 Å². The third-order valence-electron chi connectivity index (χ3n) is 22.8. The lowest BCUT2D eigenvalue weighted by atomic mass is 9.96. The molecule has 0 N–H and O–H groups in total. The first-order valence-corrected chi connectivity index (χ1v) is 37.6. The molecular formula is C105H70O5. The molecule has 0 spiro atoms. The maximum atomic E-state index is 5.52. The summed E-state index contributed by atoms with van der Waals surface area (Å²) in [5, 5.41) is 44.5. The molecule has 0 atom stereocenters. The molecule has 5 nitrogen and oxygen atoms in total. The van der Waals surface area contributed by atoms with Crippen LogP contribution in [0.5, 0.6) is 0 Å². The zero-order valence-electron chi connectivity index (χ0n) is 61.3. The molecule has 110 heavy (non-hydrogen) atoms. The van der Waals surface area contributed by atoms with E-state index in [0.29, 0.717) is 0 Å². The van der Waals surface area contributed by atoms with E-state index >= 15 is 0 Å². The summed E-state index contributed by atoms with van der Waals surface area (Å²) in [6.07, 6.45) is 8.81. The standard InChI is InChI=1S/5C21H14O/c5*1-13-2-3-14-12-20-15(11-16(14)10-13)4-5-17-18(20)6-7-21-19(17)8-9-22-21/h5*2-12H,1H3. The molecule has 0 bridgehead atoms. The normalized spacial score (nSPS) is 11.9. The van der Waals surface area contributed by atoms with Crippen molar-refractivity contribution >= 4 is 216 Å². The van der Waals surface area contributed by atoms with Gasteiger partial charge in [-0.05, 0) is 318 Å². The van der Waals surface area contributed by atoms with Gasteiger partial charge in [-0.15, -0.1) is 0 Å². The molecule has 0 amide bonds. The van der Waals surface area contributed by atoms with Crippen molar-refractivity contribution in [1.29, 1.82) is 0 Å². The number of rotatable bonds is 0. The van der Waals surface area contributed by atoms with Crippen molar-refractivity contribution in [2.75, 3.05) is 0 Å². The molecule has 5 heterocycles. The Morgan fingerprint density at radius 2 is 0.282 bits per heavy atom. The first-order chi connectivity index (χ1) is 54.0. The van der Waals surface area contributed by atoms with Crippen molar-refractivity contribution < 1.29 is 22.1 Å². The third-order valence-corrected chi connectivity index (χ3v) is 22.8. The number of hydrogen-bond acceptors (Lipinski definition) is 5. The number of aryl methyl sites for hydroxylation is 5. The van der Waals surface area contributed by atoms with E-state index in [-0.39, 0.29) is 0 Å². The number of fused-ring (bicyclic) bond motifs is 30. The third kappa shape index (κ3) is 11.1. The summed E-state index contributed by atoms with van der Waals surface area (Å²) in [5.41, 5.74) is 11.2. The predicted molar refractivity (Wildman–Crippen MR) is 467 cm³/mol. The SMILES string of the molecule is Cc1ccc2cc3c(ccc4c5ccoc5ccc34)cc2c1.Cc1ccc2cc3c(ccc4c5ccoc5ccc34)cc2c1.Cc1ccc2cc3c(ccc4c5ccoc5ccc34)cc2c1.Cc1ccc2cc3c(ccc4c5ccoc5ccc34)cc2c1.Cc1ccc2cc3c(ccc4c5ccoc5ccc34)cc2c1. The number of furan rings is 5. The van der Waals surface area contributed by atoms with Crippen LogP contribution < -0.4 is 0 Å². The second-order valence-corrected chi connectivity index (χ2v) is 29.9. The molecule has 520 valence electrons. The summed E-state index contributed by atoms with van der Waals surface area (Å²) >= 11 is 0.